The van der Waals surface area contributed by atoms with Crippen molar-refractivity contribution in [2.24, 2.45) is 0 Å². The Labute approximate surface area is 103 Å². The highest BCUT2D eigenvalue weighted by molar-refractivity contribution is 5.68. The summed E-state index contributed by atoms with van der Waals surface area (Å²) in [6.45, 7) is 5.08. The molecule has 0 N–H and O–H groups in total. The maximum atomic E-state index is 12.7. The molecule has 7 heteroatoms. The second-order valence-electron chi connectivity index (χ2n) is 5.67. The fraction of sp³-hybridized carbons (Fsp3) is 0.909. The predicted molar refractivity (Wildman–Crippen MR) is 56.1 cm³/mol. The minimum atomic E-state index is -4.36. The van der Waals surface area contributed by atoms with Gasteiger partial charge in [0.25, 0.3) is 0 Å². The van der Waals surface area contributed by atoms with Crippen LogP contribution in [-0.2, 0) is 9.47 Å². The first kappa shape index (κ1) is 13.5. The molecule has 0 aromatic rings. The summed E-state index contributed by atoms with van der Waals surface area (Å²) < 4.78 is 48.0. The van der Waals surface area contributed by atoms with E-state index in [1.807, 2.05) is 0 Å². The number of halogens is 3. The molecule has 104 valence electrons. The summed E-state index contributed by atoms with van der Waals surface area (Å²) in [5.41, 5.74) is -2.68. The van der Waals surface area contributed by atoms with Crippen molar-refractivity contribution in [1.82, 2.24) is 4.90 Å². The zero-order valence-corrected chi connectivity index (χ0v) is 10.5. The molecule has 2 fully saturated rings. The van der Waals surface area contributed by atoms with Crippen LogP contribution in [0.3, 0.4) is 0 Å². The van der Waals surface area contributed by atoms with Gasteiger partial charge in [0.1, 0.15) is 11.7 Å². The van der Waals surface area contributed by atoms with E-state index in [0.29, 0.717) is 0 Å². The molecule has 0 aliphatic carbocycles. The van der Waals surface area contributed by atoms with Gasteiger partial charge in [0.05, 0.1) is 6.54 Å². The second kappa shape index (κ2) is 3.76. The Hall–Kier alpha value is -0.980. The van der Waals surface area contributed by atoms with Crippen molar-refractivity contribution < 1.29 is 27.4 Å². The standard InChI is InChI=1S/C11H16F3NO3/c1-9(2,3)18-8(16)15-5-4-10(11(12,13)14)7(6-15)17-10/h7H,4-6H2,1-3H3/t7-,10+/m1/s1. The molecule has 0 saturated carbocycles. The lowest BCUT2D eigenvalue weighted by Crippen LogP contribution is -2.49. The molecule has 2 saturated heterocycles. The van der Waals surface area contributed by atoms with E-state index in [9.17, 15) is 18.0 Å². The molecule has 0 spiro atoms. The van der Waals surface area contributed by atoms with E-state index in [1.165, 1.54) is 4.90 Å². The first-order valence-electron chi connectivity index (χ1n) is 5.78. The van der Waals surface area contributed by atoms with Gasteiger partial charge in [0.15, 0.2) is 5.60 Å². The van der Waals surface area contributed by atoms with E-state index in [-0.39, 0.29) is 19.5 Å². The number of amides is 1. The molecule has 18 heavy (non-hydrogen) atoms. The Bertz CT molecular complexity index is 364. The summed E-state index contributed by atoms with van der Waals surface area (Å²) in [6.07, 6.45) is -6.12. The summed E-state index contributed by atoms with van der Waals surface area (Å²) >= 11 is 0. The summed E-state index contributed by atoms with van der Waals surface area (Å²) in [5, 5.41) is 0. The Kier molecular flexibility index (Phi) is 2.81. The van der Waals surface area contributed by atoms with Gasteiger partial charge in [-0.3, -0.25) is 0 Å². The molecule has 2 heterocycles. The van der Waals surface area contributed by atoms with Gasteiger partial charge in [0.2, 0.25) is 0 Å². The van der Waals surface area contributed by atoms with Crippen LogP contribution in [0.4, 0.5) is 18.0 Å². The third-order valence-corrected chi connectivity index (χ3v) is 3.09. The Balaban J connectivity index is 1.94. The van der Waals surface area contributed by atoms with Gasteiger partial charge in [-0.05, 0) is 20.8 Å². The molecule has 1 amide bonds. The molecule has 2 aliphatic heterocycles. The van der Waals surface area contributed by atoms with Crippen molar-refractivity contribution in [2.75, 3.05) is 13.1 Å². The maximum absolute atomic E-state index is 12.7. The van der Waals surface area contributed by atoms with Crippen LogP contribution >= 0.6 is 0 Å². The van der Waals surface area contributed by atoms with E-state index in [0.717, 1.165) is 0 Å². The zero-order valence-electron chi connectivity index (χ0n) is 10.5. The molecule has 2 aliphatic rings. The number of likely N-dealkylation sites (tertiary alicyclic amines) is 1. The highest BCUT2D eigenvalue weighted by Gasteiger charge is 2.74. The van der Waals surface area contributed by atoms with Crippen molar-refractivity contribution >= 4 is 6.09 Å². The van der Waals surface area contributed by atoms with E-state index >= 15 is 0 Å². The molecular formula is C11H16F3NO3. The third kappa shape index (κ3) is 2.28. The molecule has 4 nitrogen and oxygen atoms in total. The van der Waals surface area contributed by atoms with Gasteiger partial charge in [-0.1, -0.05) is 0 Å². The highest BCUT2D eigenvalue weighted by Crippen LogP contribution is 2.54. The third-order valence-electron chi connectivity index (χ3n) is 3.09. The minimum Gasteiger partial charge on any atom is -0.444 e. The molecule has 0 radical (unpaired) electrons. The number of hydrogen-bond acceptors (Lipinski definition) is 3. The maximum Gasteiger partial charge on any atom is 0.420 e. The van der Waals surface area contributed by atoms with Crippen LogP contribution in [-0.4, -0.2) is 47.6 Å². The number of nitrogens with zero attached hydrogens (tertiary/aromatic N) is 1. The largest absolute Gasteiger partial charge is 0.444 e. The summed E-state index contributed by atoms with van der Waals surface area (Å²) in [7, 11) is 0. The summed E-state index contributed by atoms with van der Waals surface area (Å²) in [6, 6.07) is 0. The fourth-order valence-electron chi connectivity index (χ4n) is 2.10. The Morgan fingerprint density at radius 2 is 2.00 bits per heavy atom. The quantitative estimate of drug-likeness (QED) is 0.632. The van der Waals surface area contributed by atoms with Crippen molar-refractivity contribution in [3.05, 3.63) is 0 Å². The van der Waals surface area contributed by atoms with Crippen LogP contribution in [0, 0.1) is 0 Å². The second-order valence-corrected chi connectivity index (χ2v) is 5.67. The minimum absolute atomic E-state index is 0.00488. The van der Waals surface area contributed by atoms with Crippen LogP contribution in [0.15, 0.2) is 0 Å². The lowest BCUT2D eigenvalue weighted by Gasteiger charge is -2.31. The Morgan fingerprint density at radius 3 is 2.44 bits per heavy atom. The van der Waals surface area contributed by atoms with E-state index in [1.54, 1.807) is 20.8 Å². The number of fused-ring (bicyclic) bond motifs is 1. The van der Waals surface area contributed by atoms with Crippen LogP contribution < -0.4 is 0 Å². The topological polar surface area (TPSA) is 42.1 Å². The van der Waals surface area contributed by atoms with Crippen LogP contribution in [0.5, 0.6) is 0 Å². The average Bonchev–Trinajstić information content (AvgIpc) is 2.87. The van der Waals surface area contributed by atoms with Gasteiger partial charge < -0.3 is 14.4 Å². The van der Waals surface area contributed by atoms with E-state index in [2.05, 4.69) is 0 Å². The number of epoxide rings is 1. The van der Waals surface area contributed by atoms with Gasteiger partial charge in [-0.15, -0.1) is 0 Å². The van der Waals surface area contributed by atoms with Gasteiger partial charge >= 0.3 is 12.3 Å². The first-order chi connectivity index (χ1) is 8.05. The summed E-state index contributed by atoms with van der Waals surface area (Å²) in [5.74, 6) is 0. The van der Waals surface area contributed by atoms with E-state index < -0.39 is 29.6 Å². The van der Waals surface area contributed by atoms with Crippen molar-refractivity contribution in [2.45, 2.75) is 50.7 Å². The van der Waals surface area contributed by atoms with Crippen LogP contribution in [0.25, 0.3) is 0 Å². The number of ether oxygens (including phenoxy) is 2. The molecule has 0 aromatic carbocycles. The normalized spacial score (nSPS) is 31.9. The van der Waals surface area contributed by atoms with Gasteiger partial charge in [-0.25, -0.2) is 4.79 Å². The zero-order chi connectivity index (χ0) is 13.8. The molecule has 0 unspecified atom stereocenters. The number of piperidine rings is 1. The number of hydrogen-bond donors (Lipinski definition) is 0. The number of carbonyl (C=O) groups is 1. The van der Waals surface area contributed by atoms with Gasteiger partial charge in [-0.2, -0.15) is 13.2 Å². The average molecular weight is 267 g/mol. The molecule has 0 bridgehead atoms. The van der Waals surface area contributed by atoms with Crippen molar-refractivity contribution in [1.29, 1.82) is 0 Å². The highest BCUT2D eigenvalue weighted by atomic mass is 19.4. The van der Waals surface area contributed by atoms with Crippen molar-refractivity contribution in [3.63, 3.8) is 0 Å². The lowest BCUT2D eigenvalue weighted by atomic mass is 9.96. The first-order valence-corrected chi connectivity index (χ1v) is 5.78. The van der Waals surface area contributed by atoms with Crippen LogP contribution in [0.2, 0.25) is 0 Å². The summed E-state index contributed by atoms with van der Waals surface area (Å²) in [4.78, 5) is 13.0. The lowest BCUT2D eigenvalue weighted by molar-refractivity contribution is -0.188. The van der Waals surface area contributed by atoms with Crippen molar-refractivity contribution in [3.8, 4) is 0 Å². The van der Waals surface area contributed by atoms with Gasteiger partial charge in [0, 0.05) is 13.0 Å². The monoisotopic (exact) mass is 267 g/mol. The van der Waals surface area contributed by atoms with E-state index in [4.69, 9.17) is 9.47 Å². The molecule has 2 rings (SSSR count). The molecular weight excluding hydrogens is 251 g/mol. The SMILES string of the molecule is CC(C)(C)OC(=O)N1CC[C@]2(C(F)(F)F)O[C@@H]2C1. The molecule has 0 aromatic heterocycles. The number of alkyl halides is 3. The predicted octanol–water partition coefficient (Wildman–Crippen LogP) is 2.33. The van der Waals surface area contributed by atoms with Crippen LogP contribution in [0.1, 0.15) is 27.2 Å². The fourth-order valence-corrected chi connectivity index (χ4v) is 2.10. The number of rotatable bonds is 0. The number of carbonyl (C=O) groups excluding carboxylic acids is 1. The Morgan fingerprint density at radius 1 is 1.39 bits per heavy atom. The smallest absolute Gasteiger partial charge is 0.420 e. The molecule has 2 atom stereocenters.